The molecule has 0 radical (unpaired) electrons. The second kappa shape index (κ2) is 5.03. The van der Waals surface area contributed by atoms with Crippen LogP contribution in [0.2, 0.25) is 0 Å². The lowest BCUT2D eigenvalue weighted by atomic mass is 10.1. The SMILES string of the molecule is Cn1nccc1NC(=O)c1cc(F)cc([N+](=O)[O-])c1F. The summed E-state index contributed by atoms with van der Waals surface area (Å²) < 4.78 is 28.3. The van der Waals surface area contributed by atoms with E-state index in [0.29, 0.717) is 12.1 Å². The first-order chi connectivity index (χ1) is 9.40. The number of rotatable bonds is 3. The van der Waals surface area contributed by atoms with Crippen LogP contribution in [0.1, 0.15) is 10.4 Å². The number of carbonyl (C=O) groups is 1. The Labute approximate surface area is 111 Å². The third-order valence-electron chi connectivity index (χ3n) is 2.52. The Kier molecular flexibility index (Phi) is 3.42. The summed E-state index contributed by atoms with van der Waals surface area (Å²) >= 11 is 0. The monoisotopic (exact) mass is 282 g/mol. The number of amides is 1. The first kappa shape index (κ1) is 13.6. The van der Waals surface area contributed by atoms with Crippen LogP contribution in [0.5, 0.6) is 0 Å². The van der Waals surface area contributed by atoms with Crippen LogP contribution in [-0.2, 0) is 7.05 Å². The summed E-state index contributed by atoms with van der Waals surface area (Å²) in [5, 5.41) is 16.6. The minimum absolute atomic E-state index is 0.237. The first-order valence-electron chi connectivity index (χ1n) is 5.33. The smallest absolute Gasteiger partial charge is 0.307 e. The number of anilines is 1. The maximum Gasteiger partial charge on any atom is 0.308 e. The Morgan fingerprint density at radius 3 is 2.70 bits per heavy atom. The average molecular weight is 282 g/mol. The van der Waals surface area contributed by atoms with Gasteiger partial charge in [-0.2, -0.15) is 9.49 Å². The van der Waals surface area contributed by atoms with E-state index in [1.807, 2.05) is 0 Å². The van der Waals surface area contributed by atoms with Crippen molar-refractivity contribution >= 4 is 17.4 Å². The summed E-state index contributed by atoms with van der Waals surface area (Å²) in [7, 11) is 1.53. The van der Waals surface area contributed by atoms with E-state index in [-0.39, 0.29) is 5.82 Å². The summed E-state index contributed by atoms with van der Waals surface area (Å²) in [4.78, 5) is 21.3. The molecule has 20 heavy (non-hydrogen) atoms. The summed E-state index contributed by atoms with van der Waals surface area (Å²) in [6.45, 7) is 0. The molecule has 0 fully saturated rings. The molecule has 0 atom stereocenters. The van der Waals surface area contributed by atoms with E-state index in [1.165, 1.54) is 24.0 Å². The number of carbonyl (C=O) groups excluding carboxylic acids is 1. The van der Waals surface area contributed by atoms with Crippen molar-refractivity contribution in [1.82, 2.24) is 9.78 Å². The average Bonchev–Trinajstić information content (AvgIpc) is 2.77. The number of nitrogens with zero attached hydrogens (tertiary/aromatic N) is 3. The van der Waals surface area contributed by atoms with Gasteiger partial charge in [0.05, 0.1) is 22.7 Å². The van der Waals surface area contributed by atoms with E-state index in [1.54, 1.807) is 0 Å². The fourth-order valence-electron chi connectivity index (χ4n) is 1.55. The van der Waals surface area contributed by atoms with E-state index in [2.05, 4.69) is 10.4 Å². The highest BCUT2D eigenvalue weighted by Crippen LogP contribution is 2.23. The van der Waals surface area contributed by atoms with Crippen molar-refractivity contribution in [3.8, 4) is 0 Å². The molecule has 2 aromatic rings. The molecule has 9 heteroatoms. The molecule has 0 bridgehead atoms. The number of hydrogen-bond acceptors (Lipinski definition) is 4. The van der Waals surface area contributed by atoms with Crippen LogP contribution in [0.15, 0.2) is 24.4 Å². The summed E-state index contributed by atoms with van der Waals surface area (Å²) in [6, 6.07) is 2.44. The number of aromatic nitrogens is 2. The molecule has 0 spiro atoms. The molecule has 0 aliphatic heterocycles. The largest absolute Gasteiger partial charge is 0.308 e. The predicted molar refractivity (Wildman–Crippen MR) is 64.2 cm³/mol. The van der Waals surface area contributed by atoms with Crippen LogP contribution in [0.4, 0.5) is 20.3 Å². The maximum atomic E-state index is 13.8. The molecule has 1 aromatic carbocycles. The van der Waals surface area contributed by atoms with Gasteiger partial charge in [0, 0.05) is 13.1 Å². The van der Waals surface area contributed by atoms with Gasteiger partial charge in [-0.05, 0) is 6.07 Å². The lowest BCUT2D eigenvalue weighted by molar-refractivity contribution is -0.387. The quantitative estimate of drug-likeness (QED) is 0.687. The topological polar surface area (TPSA) is 90.1 Å². The molecule has 0 saturated carbocycles. The molecule has 2 rings (SSSR count). The van der Waals surface area contributed by atoms with Gasteiger partial charge in [0.25, 0.3) is 5.91 Å². The molecular weight excluding hydrogens is 274 g/mol. The Hall–Kier alpha value is -2.84. The molecule has 0 unspecified atom stereocenters. The highest BCUT2D eigenvalue weighted by Gasteiger charge is 2.24. The number of nitrogens with one attached hydrogen (secondary N) is 1. The fourth-order valence-corrected chi connectivity index (χ4v) is 1.55. The zero-order valence-corrected chi connectivity index (χ0v) is 10.1. The second-order valence-electron chi connectivity index (χ2n) is 3.84. The van der Waals surface area contributed by atoms with Crippen LogP contribution in [0, 0.1) is 21.7 Å². The van der Waals surface area contributed by atoms with Crippen LogP contribution >= 0.6 is 0 Å². The predicted octanol–water partition coefficient (Wildman–Crippen LogP) is 1.86. The Bertz CT molecular complexity index is 699. The molecular formula is C11H8F2N4O3. The van der Waals surface area contributed by atoms with Gasteiger partial charge in [-0.15, -0.1) is 0 Å². The number of halogens is 2. The molecule has 0 aliphatic rings. The zero-order valence-electron chi connectivity index (χ0n) is 10.1. The number of nitro benzene ring substituents is 1. The molecule has 0 aliphatic carbocycles. The minimum atomic E-state index is -1.39. The van der Waals surface area contributed by atoms with Crippen molar-refractivity contribution in [3.63, 3.8) is 0 Å². The van der Waals surface area contributed by atoms with Gasteiger partial charge >= 0.3 is 5.69 Å². The summed E-state index contributed by atoms with van der Waals surface area (Å²) in [6.07, 6.45) is 1.39. The molecule has 1 N–H and O–H groups in total. The van der Waals surface area contributed by atoms with Crippen molar-refractivity contribution < 1.29 is 18.5 Å². The third kappa shape index (κ3) is 2.46. The molecule has 1 aromatic heterocycles. The third-order valence-corrected chi connectivity index (χ3v) is 2.52. The molecule has 104 valence electrons. The number of nitro groups is 1. The van der Waals surface area contributed by atoms with E-state index in [9.17, 15) is 23.7 Å². The van der Waals surface area contributed by atoms with Crippen LogP contribution < -0.4 is 5.32 Å². The number of benzene rings is 1. The van der Waals surface area contributed by atoms with Crippen LogP contribution in [0.25, 0.3) is 0 Å². The Morgan fingerprint density at radius 1 is 1.45 bits per heavy atom. The van der Waals surface area contributed by atoms with Crippen molar-refractivity contribution in [2.24, 2.45) is 7.05 Å². The Morgan fingerprint density at radius 2 is 2.15 bits per heavy atom. The van der Waals surface area contributed by atoms with Crippen molar-refractivity contribution in [2.75, 3.05) is 5.32 Å². The van der Waals surface area contributed by atoms with Crippen LogP contribution in [0.3, 0.4) is 0 Å². The van der Waals surface area contributed by atoms with E-state index >= 15 is 0 Å². The first-order valence-corrected chi connectivity index (χ1v) is 5.33. The number of aryl methyl sites for hydroxylation is 1. The highest BCUT2D eigenvalue weighted by molar-refractivity contribution is 6.04. The fraction of sp³-hybridized carbons (Fsp3) is 0.0909. The van der Waals surface area contributed by atoms with Crippen molar-refractivity contribution in [3.05, 3.63) is 51.7 Å². The van der Waals surface area contributed by atoms with Crippen molar-refractivity contribution in [2.45, 2.75) is 0 Å². The van der Waals surface area contributed by atoms with Gasteiger partial charge < -0.3 is 5.32 Å². The molecule has 7 nitrogen and oxygen atoms in total. The van der Waals surface area contributed by atoms with Crippen molar-refractivity contribution in [1.29, 1.82) is 0 Å². The molecule has 1 amide bonds. The van der Waals surface area contributed by atoms with E-state index in [4.69, 9.17) is 0 Å². The highest BCUT2D eigenvalue weighted by atomic mass is 19.1. The van der Waals surface area contributed by atoms with Gasteiger partial charge in [-0.1, -0.05) is 0 Å². The normalized spacial score (nSPS) is 10.3. The lowest BCUT2D eigenvalue weighted by Gasteiger charge is -2.06. The standard InChI is InChI=1S/C11H8F2N4O3/c1-16-9(2-3-14-16)15-11(18)7-4-6(12)5-8(10(7)13)17(19)20/h2-5H,1H3,(H,15,18). The van der Waals surface area contributed by atoms with Crippen LogP contribution in [-0.4, -0.2) is 20.6 Å². The van der Waals surface area contributed by atoms with Gasteiger partial charge in [-0.25, -0.2) is 4.39 Å². The maximum absolute atomic E-state index is 13.8. The van der Waals surface area contributed by atoms with E-state index in [0.717, 1.165) is 0 Å². The minimum Gasteiger partial charge on any atom is -0.307 e. The second-order valence-corrected chi connectivity index (χ2v) is 3.84. The molecule has 0 saturated heterocycles. The van der Waals surface area contributed by atoms with Gasteiger partial charge in [0.1, 0.15) is 11.6 Å². The lowest BCUT2D eigenvalue weighted by Crippen LogP contribution is -2.17. The Balaban J connectivity index is 2.40. The molecule has 1 heterocycles. The zero-order chi connectivity index (χ0) is 14.9. The summed E-state index contributed by atoms with van der Waals surface area (Å²) in [5.41, 5.74) is -1.85. The van der Waals surface area contributed by atoms with Gasteiger partial charge in [0.15, 0.2) is 0 Å². The van der Waals surface area contributed by atoms with Gasteiger partial charge in [-0.3, -0.25) is 19.6 Å². The number of hydrogen-bond donors (Lipinski definition) is 1. The van der Waals surface area contributed by atoms with E-state index < -0.39 is 33.7 Å². The summed E-state index contributed by atoms with van der Waals surface area (Å²) in [5.74, 6) is -3.24. The van der Waals surface area contributed by atoms with Gasteiger partial charge in [0.2, 0.25) is 5.82 Å².